The molecule has 25 heavy (non-hydrogen) atoms. The second-order valence-electron chi connectivity index (χ2n) is 5.21. The molecule has 0 heterocycles. The molecule has 8 N–H and O–H groups in total. The number of nitrogens with one attached hydrogen (secondary N) is 3. The normalized spacial score (nSPS) is 13.9. The van der Waals surface area contributed by atoms with Crippen LogP contribution in [0.4, 0.5) is 0 Å². The molecular formula is C13H23N5O6S. The molecule has 0 bridgehead atoms. The monoisotopic (exact) mass is 377 g/mol. The topological polar surface area (TPSA) is 194 Å². The van der Waals surface area contributed by atoms with Crippen LogP contribution in [0.2, 0.25) is 0 Å². The van der Waals surface area contributed by atoms with Gasteiger partial charge < -0.3 is 32.5 Å². The summed E-state index contributed by atoms with van der Waals surface area (Å²) in [6.45, 7) is 0.896. The van der Waals surface area contributed by atoms with E-state index in [1.807, 2.05) is 0 Å². The van der Waals surface area contributed by atoms with Crippen LogP contribution in [0, 0.1) is 0 Å². The summed E-state index contributed by atoms with van der Waals surface area (Å²) < 4.78 is 0. The number of aliphatic carboxylic acids is 1. The average Bonchev–Trinajstić information content (AvgIpc) is 2.53. The van der Waals surface area contributed by atoms with Gasteiger partial charge in [-0.05, 0) is 13.3 Å². The summed E-state index contributed by atoms with van der Waals surface area (Å²) in [5.74, 6) is -4.15. The van der Waals surface area contributed by atoms with Crippen LogP contribution in [0.15, 0.2) is 0 Å². The van der Waals surface area contributed by atoms with Crippen LogP contribution in [0.5, 0.6) is 0 Å². The molecule has 11 nitrogen and oxygen atoms in total. The molecule has 0 saturated carbocycles. The minimum Gasteiger partial charge on any atom is -0.480 e. The molecular weight excluding hydrogens is 354 g/mol. The maximum Gasteiger partial charge on any atom is 0.327 e. The number of nitrogens with two attached hydrogens (primary N) is 2. The highest BCUT2D eigenvalue weighted by atomic mass is 32.1. The van der Waals surface area contributed by atoms with E-state index >= 15 is 0 Å². The first kappa shape index (κ1) is 22.7. The summed E-state index contributed by atoms with van der Waals surface area (Å²) >= 11 is 3.79. The van der Waals surface area contributed by atoms with Gasteiger partial charge in [0.15, 0.2) is 0 Å². The van der Waals surface area contributed by atoms with Crippen LogP contribution in [-0.2, 0) is 24.0 Å². The van der Waals surface area contributed by atoms with Crippen molar-refractivity contribution in [3.8, 4) is 0 Å². The maximum absolute atomic E-state index is 12.1. The first-order chi connectivity index (χ1) is 11.6. The molecule has 0 aliphatic heterocycles. The zero-order valence-corrected chi connectivity index (χ0v) is 14.5. The van der Waals surface area contributed by atoms with Gasteiger partial charge in [0, 0.05) is 12.2 Å². The van der Waals surface area contributed by atoms with Crippen LogP contribution >= 0.6 is 12.6 Å². The van der Waals surface area contributed by atoms with Crippen molar-refractivity contribution in [3.63, 3.8) is 0 Å². The molecule has 0 rings (SSSR count). The lowest BCUT2D eigenvalue weighted by molar-refractivity contribution is -0.141. The minimum absolute atomic E-state index is 0.0738. The van der Waals surface area contributed by atoms with Crippen LogP contribution in [0.25, 0.3) is 0 Å². The number of amides is 4. The number of thiol groups is 1. The lowest BCUT2D eigenvalue weighted by Gasteiger charge is -2.19. The Labute approximate surface area is 149 Å². The van der Waals surface area contributed by atoms with E-state index in [0.717, 1.165) is 0 Å². The summed E-state index contributed by atoms with van der Waals surface area (Å²) in [4.78, 5) is 57.0. The molecule has 0 radical (unpaired) electrons. The van der Waals surface area contributed by atoms with Crippen molar-refractivity contribution in [3.05, 3.63) is 0 Å². The van der Waals surface area contributed by atoms with Gasteiger partial charge in [-0.25, -0.2) is 4.79 Å². The maximum atomic E-state index is 12.1. The van der Waals surface area contributed by atoms with Crippen molar-refractivity contribution in [2.24, 2.45) is 11.5 Å². The fraction of sp³-hybridized carbons (Fsp3) is 0.615. The van der Waals surface area contributed by atoms with Gasteiger partial charge >= 0.3 is 5.97 Å². The van der Waals surface area contributed by atoms with E-state index in [-0.39, 0.29) is 18.6 Å². The molecule has 0 aromatic rings. The van der Waals surface area contributed by atoms with E-state index in [1.54, 1.807) is 0 Å². The van der Waals surface area contributed by atoms with Gasteiger partial charge in [0.25, 0.3) is 0 Å². The fourth-order valence-corrected chi connectivity index (χ4v) is 1.83. The molecule has 0 aromatic carbocycles. The number of carboxylic acids is 1. The Morgan fingerprint density at radius 3 is 2.12 bits per heavy atom. The van der Waals surface area contributed by atoms with Gasteiger partial charge in [0.05, 0.1) is 12.6 Å². The van der Waals surface area contributed by atoms with Gasteiger partial charge in [-0.3, -0.25) is 19.2 Å². The van der Waals surface area contributed by atoms with Gasteiger partial charge in [0.2, 0.25) is 23.6 Å². The highest BCUT2D eigenvalue weighted by Crippen LogP contribution is 1.98. The SMILES string of the molecule is CC(N)C(=O)NC(CCC(N)=O)C(=O)NCC(=O)NC(CS)C(=O)O. The Bertz CT molecular complexity index is 527. The van der Waals surface area contributed by atoms with Gasteiger partial charge in [-0.15, -0.1) is 0 Å². The minimum atomic E-state index is -1.27. The number of carbonyl (C=O) groups excluding carboxylic acids is 4. The van der Waals surface area contributed by atoms with Gasteiger partial charge in [0.1, 0.15) is 12.1 Å². The summed E-state index contributed by atoms with van der Waals surface area (Å²) in [6.07, 6.45) is -0.236. The molecule has 142 valence electrons. The van der Waals surface area contributed by atoms with Crippen molar-refractivity contribution in [1.29, 1.82) is 0 Å². The number of hydrogen-bond acceptors (Lipinski definition) is 7. The molecule has 12 heteroatoms. The van der Waals surface area contributed by atoms with Crippen molar-refractivity contribution in [2.75, 3.05) is 12.3 Å². The zero-order chi connectivity index (χ0) is 19.6. The summed E-state index contributed by atoms with van der Waals surface area (Å²) in [7, 11) is 0. The highest BCUT2D eigenvalue weighted by Gasteiger charge is 2.24. The predicted octanol–water partition coefficient (Wildman–Crippen LogP) is -3.30. The predicted molar refractivity (Wildman–Crippen MR) is 90.4 cm³/mol. The van der Waals surface area contributed by atoms with E-state index in [1.165, 1.54) is 6.92 Å². The number of rotatable bonds is 11. The molecule has 0 aliphatic carbocycles. The highest BCUT2D eigenvalue weighted by molar-refractivity contribution is 7.80. The van der Waals surface area contributed by atoms with Gasteiger partial charge in [-0.1, -0.05) is 0 Å². The number of primary amides is 1. The third-order valence-electron chi connectivity index (χ3n) is 2.97. The number of carbonyl (C=O) groups is 5. The van der Waals surface area contributed by atoms with Crippen molar-refractivity contribution in [2.45, 2.75) is 37.9 Å². The van der Waals surface area contributed by atoms with Crippen LogP contribution in [-0.4, -0.2) is 65.1 Å². The number of hydrogen-bond donors (Lipinski definition) is 7. The average molecular weight is 377 g/mol. The molecule has 3 atom stereocenters. The van der Waals surface area contributed by atoms with Crippen LogP contribution in [0.1, 0.15) is 19.8 Å². The Hall–Kier alpha value is -2.34. The molecule has 0 spiro atoms. The first-order valence-corrected chi connectivity index (χ1v) is 7.96. The van der Waals surface area contributed by atoms with E-state index in [2.05, 4.69) is 28.6 Å². The fourth-order valence-electron chi connectivity index (χ4n) is 1.58. The zero-order valence-electron chi connectivity index (χ0n) is 13.7. The van der Waals surface area contributed by atoms with Gasteiger partial charge in [-0.2, -0.15) is 12.6 Å². The van der Waals surface area contributed by atoms with Crippen molar-refractivity contribution >= 4 is 42.2 Å². The Morgan fingerprint density at radius 1 is 1.08 bits per heavy atom. The third-order valence-corrected chi connectivity index (χ3v) is 3.33. The van der Waals surface area contributed by atoms with E-state index in [4.69, 9.17) is 16.6 Å². The first-order valence-electron chi connectivity index (χ1n) is 7.33. The Kier molecular flexibility index (Phi) is 10.2. The van der Waals surface area contributed by atoms with Crippen molar-refractivity contribution in [1.82, 2.24) is 16.0 Å². The summed E-state index contributed by atoms with van der Waals surface area (Å²) in [5, 5.41) is 15.6. The number of carboxylic acid groups (broad SMARTS) is 1. The molecule has 3 unspecified atom stereocenters. The third kappa shape index (κ3) is 9.52. The summed E-state index contributed by atoms with van der Waals surface area (Å²) in [6, 6.07) is -3.19. The van der Waals surface area contributed by atoms with Crippen LogP contribution in [0.3, 0.4) is 0 Å². The van der Waals surface area contributed by atoms with E-state index in [9.17, 15) is 24.0 Å². The smallest absolute Gasteiger partial charge is 0.327 e. The van der Waals surface area contributed by atoms with E-state index in [0.29, 0.717) is 0 Å². The second-order valence-corrected chi connectivity index (χ2v) is 5.58. The molecule has 0 fully saturated rings. The Morgan fingerprint density at radius 2 is 1.68 bits per heavy atom. The summed E-state index contributed by atoms with van der Waals surface area (Å²) in [5.41, 5.74) is 10.4. The lowest BCUT2D eigenvalue weighted by Crippen LogP contribution is -2.53. The molecule has 0 aromatic heterocycles. The molecule has 0 aliphatic rings. The quantitative estimate of drug-likeness (QED) is 0.183. The largest absolute Gasteiger partial charge is 0.480 e. The van der Waals surface area contributed by atoms with E-state index < -0.39 is 54.3 Å². The molecule has 0 saturated heterocycles. The second kappa shape index (κ2) is 11.3. The van der Waals surface area contributed by atoms with Crippen molar-refractivity contribution < 1.29 is 29.1 Å². The standard InChI is InChI=1S/C13H23N5O6S/c1-6(14)11(21)18-7(2-3-9(15)19)12(22)16-4-10(20)17-8(5-25)13(23)24/h6-8,25H,2-5,14H2,1H3,(H2,15,19)(H,16,22)(H,17,20)(H,18,21)(H,23,24). The molecule has 4 amide bonds. The lowest BCUT2D eigenvalue weighted by atomic mass is 10.1. The van der Waals surface area contributed by atoms with Crippen LogP contribution < -0.4 is 27.4 Å². The Balaban J connectivity index is 4.68.